The Morgan fingerprint density at radius 2 is 1.96 bits per heavy atom. The molecule has 0 fully saturated rings. The Kier molecular flexibility index (Phi) is 3.23. The summed E-state index contributed by atoms with van der Waals surface area (Å²) in [5, 5.41) is 4.50. The van der Waals surface area contributed by atoms with Gasteiger partial charge in [0.2, 0.25) is 5.91 Å². The van der Waals surface area contributed by atoms with Crippen molar-refractivity contribution in [2.24, 2.45) is 0 Å². The highest BCUT2D eigenvalue weighted by Crippen LogP contribution is 2.35. The van der Waals surface area contributed by atoms with Crippen LogP contribution < -0.4 is 10.2 Å². The molecule has 2 amide bonds. The third-order valence-corrected chi connectivity index (χ3v) is 3.95. The third-order valence-electron chi connectivity index (χ3n) is 3.95. The van der Waals surface area contributed by atoms with Gasteiger partial charge in [-0.2, -0.15) is 0 Å². The Morgan fingerprint density at radius 1 is 1.17 bits per heavy atom. The van der Waals surface area contributed by atoms with Crippen molar-refractivity contribution in [1.82, 2.24) is 4.98 Å². The summed E-state index contributed by atoms with van der Waals surface area (Å²) in [5.41, 5.74) is 1.36. The van der Waals surface area contributed by atoms with Gasteiger partial charge in [0.05, 0.1) is 23.1 Å². The molecule has 0 radical (unpaired) electrons. The first-order valence-corrected chi connectivity index (χ1v) is 7.37. The second-order valence-corrected chi connectivity index (χ2v) is 5.51. The summed E-state index contributed by atoms with van der Waals surface area (Å²) < 4.78 is 13.4. The summed E-state index contributed by atoms with van der Waals surface area (Å²) in [6.07, 6.45) is 2.32. The number of anilines is 2. The maximum atomic E-state index is 13.4. The predicted octanol–water partition coefficient (Wildman–Crippen LogP) is 2.97. The van der Waals surface area contributed by atoms with Crippen molar-refractivity contribution in [3.63, 3.8) is 0 Å². The first-order chi connectivity index (χ1) is 11.6. The lowest BCUT2D eigenvalue weighted by Gasteiger charge is -2.21. The van der Waals surface area contributed by atoms with Crippen molar-refractivity contribution in [1.29, 1.82) is 0 Å². The fourth-order valence-corrected chi connectivity index (χ4v) is 2.93. The first-order valence-electron chi connectivity index (χ1n) is 7.37. The van der Waals surface area contributed by atoms with Crippen LogP contribution in [0.3, 0.4) is 0 Å². The zero-order valence-corrected chi connectivity index (χ0v) is 12.5. The lowest BCUT2D eigenvalue weighted by Crippen LogP contribution is -2.36. The molecule has 2 heterocycles. The van der Waals surface area contributed by atoms with Crippen LogP contribution in [0, 0.1) is 5.82 Å². The van der Waals surface area contributed by atoms with E-state index in [1.165, 1.54) is 11.1 Å². The summed E-state index contributed by atoms with van der Waals surface area (Å²) in [6, 6.07) is 12.2. The van der Waals surface area contributed by atoms with Crippen LogP contribution in [-0.2, 0) is 4.79 Å². The molecule has 0 spiro atoms. The van der Waals surface area contributed by atoms with Gasteiger partial charge in [0.15, 0.2) is 0 Å². The van der Waals surface area contributed by atoms with Crippen LogP contribution in [0.5, 0.6) is 0 Å². The molecule has 2 aromatic carbocycles. The highest BCUT2D eigenvalue weighted by atomic mass is 19.1. The number of nitrogens with zero attached hydrogens (tertiary/aromatic N) is 2. The normalized spacial score (nSPS) is 13.5. The average Bonchev–Trinajstić information content (AvgIpc) is 2.73. The molecule has 5 nitrogen and oxygen atoms in total. The number of hydrogen-bond donors (Lipinski definition) is 1. The maximum Gasteiger partial charge on any atom is 0.260 e. The lowest BCUT2D eigenvalue weighted by molar-refractivity contribution is -0.114. The van der Waals surface area contributed by atoms with Gasteiger partial charge in [-0.3, -0.25) is 19.5 Å². The van der Waals surface area contributed by atoms with E-state index in [0.29, 0.717) is 11.4 Å². The van der Waals surface area contributed by atoms with Crippen molar-refractivity contribution >= 4 is 34.0 Å². The van der Waals surface area contributed by atoms with Crippen molar-refractivity contribution in [2.75, 3.05) is 16.8 Å². The van der Waals surface area contributed by atoms with Gasteiger partial charge in [-0.25, -0.2) is 4.39 Å². The van der Waals surface area contributed by atoms with Crippen molar-refractivity contribution in [3.05, 3.63) is 66.2 Å². The zero-order valence-electron chi connectivity index (χ0n) is 12.5. The molecule has 4 rings (SSSR count). The van der Waals surface area contributed by atoms with E-state index in [0.717, 1.165) is 23.0 Å². The highest BCUT2D eigenvalue weighted by Gasteiger charge is 2.26. The number of hydrogen-bond acceptors (Lipinski definition) is 3. The van der Waals surface area contributed by atoms with Crippen LogP contribution in [0.2, 0.25) is 0 Å². The number of benzene rings is 2. The number of amides is 2. The standard InChI is InChI=1S/C18H12FN3O2/c19-13-7-12(8-20-9-13)18(24)22-10-16(23)21-14-5-1-3-11-4-2-6-15(22)17(11)14/h1-9H,10H2,(H,21,23). The van der Waals surface area contributed by atoms with Gasteiger partial charge in [0.25, 0.3) is 5.91 Å². The van der Waals surface area contributed by atoms with E-state index >= 15 is 0 Å². The van der Waals surface area contributed by atoms with Crippen LogP contribution in [0.1, 0.15) is 10.4 Å². The van der Waals surface area contributed by atoms with Gasteiger partial charge in [-0.15, -0.1) is 0 Å². The first kappa shape index (κ1) is 14.3. The average molecular weight is 321 g/mol. The Bertz CT molecular complexity index is 982. The van der Waals surface area contributed by atoms with Gasteiger partial charge in [0, 0.05) is 11.6 Å². The highest BCUT2D eigenvalue weighted by molar-refractivity contribution is 6.19. The number of carbonyl (C=O) groups excluding carboxylic acids is 2. The molecule has 118 valence electrons. The summed E-state index contributed by atoms with van der Waals surface area (Å²) in [4.78, 5) is 30.1. The summed E-state index contributed by atoms with van der Waals surface area (Å²) >= 11 is 0. The summed E-state index contributed by atoms with van der Waals surface area (Å²) in [7, 11) is 0. The lowest BCUT2D eigenvalue weighted by atomic mass is 10.1. The molecule has 1 aliphatic heterocycles. The molecule has 3 aromatic rings. The number of carbonyl (C=O) groups is 2. The third kappa shape index (κ3) is 2.28. The predicted molar refractivity (Wildman–Crippen MR) is 88.4 cm³/mol. The maximum absolute atomic E-state index is 13.4. The molecule has 0 saturated heterocycles. The van der Waals surface area contributed by atoms with Crippen LogP contribution in [-0.4, -0.2) is 23.3 Å². The monoisotopic (exact) mass is 321 g/mol. The topological polar surface area (TPSA) is 62.3 Å². The minimum atomic E-state index is -0.598. The number of pyridine rings is 1. The molecule has 0 aliphatic carbocycles. The van der Waals surface area contributed by atoms with E-state index in [1.54, 1.807) is 12.1 Å². The molecule has 0 saturated carbocycles. The van der Waals surface area contributed by atoms with Crippen molar-refractivity contribution in [3.8, 4) is 0 Å². The molecule has 0 bridgehead atoms. The summed E-state index contributed by atoms with van der Waals surface area (Å²) in [5.74, 6) is -1.38. The fourth-order valence-electron chi connectivity index (χ4n) is 2.93. The van der Waals surface area contributed by atoms with E-state index in [9.17, 15) is 14.0 Å². The van der Waals surface area contributed by atoms with Crippen LogP contribution in [0.25, 0.3) is 10.8 Å². The van der Waals surface area contributed by atoms with Crippen molar-refractivity contribution in [2.45, 2.75) is 0 Å². The number of nitrogens with one attached hydrogen (secondary N) is 1. The Labute approximate surface area is 136 Å². The van der Waals surface area contributed by atoms with E-state index in [-0.39, 0.29) is 18.0 Å². The quantitative estimate of drug-likeness (QED) is 0.749. The Morgan fingerprint density at radius 3 is 2.75 bits per heavy atom. The van der Waals surface area contributed by atoms with Crippen LogP contribution in [0.4, 0.5) is 15.8 Å². The van der Waals surface area contributed by atoms with E-state index in [1.807, 2.05) is 24.3 Å². The van der Waals surface area contributed by atoms with Gasteiger partial charge in [0.1, 0.15) is 12.4 Å². The van der Waals surface area contributed by atoms with Crippen molar-refractivity contribution < 1.29 is 14.0 Å². The second-order valence-electron chi connectivity index (χ2n) is 5.51. The summed E-state index contributed by atoms with van der Waals surface area (Å²) in [6.45, 7) is -0.150. The SMILES string of the molecule is O=C1CN(C(=O)c2cncc(F)c2)c2cccc3cccc(c23)N1. The Balaban J connectivity index is 1.91. The number of halogens is 1. The van der Waals surface area contributed by atoms with E-state index in [4.69, 9.17) is 0 Å². The Hall–Kier alpha value is -3.28. The number of rotatable bonds is 1. The molecular formula is C18H12FN3O2. The second kappa shape index (κ2) is 5.42. The minimum Gasteiger partial charge on any atom is -0.324 e. The van der Waals surface area contributed by atoms with Gasteiger partial charge in [-0.1, -0.05) is 24.3 Å². The van der Waals surface area contributed by atoms with Crippen LogP contribution >= 0.6 is 0 Å². The molecule has 1 aliphatic rings. The fraction of sp³-hybridized carbons (Fsp3) is 0.0556. The molecule has 1 N–H and O–H groups in total. The van der Waals surface area contributed by atoms with E-state index < -0.39 is 11.7 Å². The zero-order chi connectivity index (χ0) is 16.7. The number of aromatic nitrogens is 1. The molecule has 0 unspecified atom stereocenters. The smallest absolute Gasteiger partial charge is 0.260 e. The van der Waals surface area contributed by atoms with Gasteiger partial charge in [-0.05, 0) is 23.6 Å². The molecule has 0 atom stereocenters. The van der Waals surface area contributed by atoms with E-state index in [2.05, 4.69) is 10.3 Å². The molecule has 1 aromatic heterocycles. The van der Waals surface area contributed by atoms with Gasteiger partial charge >= 0.3 is 0 Å². The minimum absolute atomic E-state index is 0.0965. The van der Waals surface area contributed by atoms with Gasteiger partial charge < -0.3 is 5.32 Å². The molecular weight excluding hydrogens is 309 g/mol. The molecule has 24 heavy (non-hydrogen) atoms. The van der Waals surface area contributed by atoms with Crippen LogP contribution in [0.15, 0.2) is 54.9 Å². The largest absolute Gasteiger partial charge is 0.324 e. The molecule has 6 heteroatoms.